The third-order valence-corrected chi connectivity index (χ3v) is 0.914. The maximum atomic E-state index is 10.6. The van der Waals surface area contributed by atoms with E-state index in [1.54, 1.807) is 0 Å². The minimum absolute atomic E-state index is 0.184. The zero-order valence-corrected chi connectivity index (χ0v) is 7.37. The Hall–Kier alpha value is -0.160. The number of hydrogen-bond donors (Lipinski definition) is 0. The molecule has 0 aromatic rings. The monoisotopic (exact) mass is 162 g/mol. The first kappa shape index (κ1) is 10.8. The van der Waals surface area contributed by atoms with Gasteiger partial charge in [0, 0.05) is 0 Å². The zero-order valence-electron chi connectivity index (χ0n) is 7.37. The normalized spacial score (nSPS) is 11.5. The van der Waals surface area contributed by atoms with Gasteiger partial charge in [-0.25, -0.2) is 0 Å². The highest BCUT2D eigenvalue weighted by atomic mass is 17.1. The van der Waals surface area contributed by atoms with Gasteiger partial charge >= 0.3 is 0 Å². The first-order chi connectivity index (χ1) is 5.16. The average molecular weight is 162 g/mol. The Morgan fingerprint density at radius 1 is 1.36 bits per heavy atom. The average Bonchev–Trinajstić information content (AvgIpc) is 1.97. The minimum Gasteiger partial charge on any atom is -0.738 e. The van der Waals surface area contributed by atoms with Crippen molar-refractivity contribution in [3.05, 3.63) is 5.21 Å². The molecule has 0 aliphatic rings. The summed E-state index contributed by atoms with van der Waals surface area (Å²) in [7, 11) is 0. The van der Waals surface area contributed by atoms with Gasteiger partial charge in [0.1, 0.15) is 0 Å². The summed E-state index contributed by atoms with van der Waals surface area (Å²) in [6.45, 7) is 6.66. The van der Waals surface area contributed by atoms with E-state index in [1.165, 1.54) is 0 Å². The molecule has 0 rings (SSSR count). The highest BCUT2D eigenvalue weighted by molar-refractivity contribution is 4.37. The summed E-state index contributed by atoms with van der Waals surface area (Å²) in [6, 6.07) is 0. The molecule has 0 aliphatic heterocycles. The van der Waals surface area contributed by atoms with Gasteiger partial charge in [0.15, 0.2) is 0 Å². The molecule has 4 heteroatoms. The first-order valence-electron chi connectivity index (χ1n) is 3.90. The Morgan fingerprint density at radius 3 is 2.45 bits per heavy atom. The third kappa shape index (κ3) is 7.74. The van der Waals surface area contributed by atoms with Gasteiger partial charge in [0.2, 0.25) is 0 Å². The molecule has 4 nitrogen and oxygen atoms in total. The van der Waals surface area contributed by atoms with Gasteiger partial charge in [0.05, 0.1) is 13.2 Å². The van der Waals surface area contributed by atoms with Crippen molar-refractivity contribution in [3.8, 4) is 0 Å². The fraction of sp³-hybridized carbons (Fsp3) is 1.00. The van der Waals surface area contributed by atoms with E-state index in [4.69, 9.17) is 0 Å². The predicted octanol–water partition coefficient (Wildman–Crippen LogP) is 1.72. The Labute approximate surface area is 67.6 Å². The summed E-state index contributed by atoms with van der Waals surface area (Å²) in [5, 5.41) is 10.8. The van der Waals surface area contributed by atoms with Gasteiger partial charge in [-0.2, -0.15) is 0 Å². The second-order valence-electron chi connectivity index (χ2n) is 2.75. The van der Waals surface area contributed by atoms with Crippen LogP contribution in [0.3, 0.4) is 0 Å². The van der Waals surface area contributed by atoms with Crippen molar-refractivity contribution in [2.45, 2.75) is 27.2 Å². The second kappa shape index (κ2) is 6.54. The molecule has 0 atom stereocenters. The van der Waals surface area contributed by atoms with Crippen molar-refractivity contribution >= 4 is 0 Å². The van der Waals surface area contributed by atoms with Gasteiger partial charge in [-0.1, -0.05) is 20.8 Å². The van der Waals surface area contributed by atoms with Crippen LogP contribution in [0, 0.1) is 11.1 Å². The predicted molar refractivity (Wildman–Crippen MR) is 42.2 cm³/mol. The Kier molecular flexibility index (Phi) is 6.45. The van der Waals surface area contributed by atoms with Crippen LogP contribution in [0.4, 0.5) is 0 Å². The van der Waals surface area contributed by atoms with E-state index in [1.807, 2.05) is 20.8 Å². The van der Waals surface area contributed by atoms with Crippen LogP contribution in [0.1, 0.15) is 27.2 Å². The van der Waals surface area contributed by atoms with Crippen molar-refractivity contribution in [3.63, 3.8) is 0 Å². The standard InChI is InChI=1S/C7H16NO3/c1-4-5-10-8(9)11-6-7(2)3/h7H,4-6H2,1-3H3/q-1. The molecule has 0 aromatic heterocycles. The molecule has 0 saturated carbocycles. The molecule has 0 amide bonds. The molecule has 0 spiro atoms. The fourth-order valence-electron chi connectivity index (χ4n) is 0.413. The van der Waals surface area contributed by atoms with Crippen LogP contribution in [0.5, 0.6) is 0 Å². The molecule has 0 aliphatic carbocycles. The molecular formula is C7H16NO3-. The Balaban J connectivity index is 3.15. The van der Waals surface area contributed by atoms with Gasteiger partial charge < -0.3 is 5.21 Å². The van der Waals surface area contributed by atoms with Crippen LogP contribution in [0.25, 0.3) is 0 Å². The zero-order chi connectivity index (χ0) is 8.69. The van der Waals surface area contributed by atoms with Crippen molar-refractivity contribution in [1.29, 1.82) is 0 Å². The van der Waals surface area contributed by atoms with Crippen LogP contribution in [0.2, 0.25) is 0 Å². The van der Waals surface area contributed by atoms with Crippen LogP contribution in [-0.4, -0.2) is 18.6 Å². The molecule has 0 saturated heterocycles. The Bertz CT molecular complexity index is 87.8. The second-order valence-corrected chi connectivity index (χ2v) is 2.75. The largest absolute Gasteiger partial charge is 0.738 e. The van der Waals surface area contributed by atoms with Crippen LogP contribution in [-0.2, 0) is 9.68 Å². The maximum Gasteiger partial charge on any atom is 0.0723 e. The van der Waals surface area contributed by atoms with E-state index in [0.717, 1.165) is 6.42 Å². The van der Waals surface area contributed by atoms with Crippen LogP contribution < -0.4 is 0 Å². The smallest absolute Gasteiger partial charge is 0.0723 e. The fourth-order valence-corrected chi connectivity index (χ4v) is 0.413. The summed E-state index contributed by atoms with van der Waals surface area (Å²) in [4.78, 5) is 9.26. The molecule has 0 aromatic carbocycles. The summed E-state index contributed by atoms with van der Waals surface area (Å²) in [6.07, 6.45) is 0.809. The molecule has 68 valence electrons. The molecule has 0 fully saturated rings. The van der Waals surface area contributed by atoms with Crippen LogP contribution >= 0.6 is 0 Å². The van der Waals surface area contributed by atoms with E-state index in [-0.39, 0.29) is 5.39 Å². The lowest BCUT2D eigenvalue weighted by molar-refractivity contribution is -0.339. The molecule has 0 unspecified atom stereocenters. The lowest BCUT2D eigenvalue weighted by atomic mass is 10.2. The van der Waals surface area contributed by atoms with Gasteiger partial charge in [-0.15, -0.1) is 5.39 Å². The number of rotatable bonds is 6. The SMILES string of the molecule is CCCON([O-])OCC(C)C. The minimum atomic E-state index is 0.184. The summed E-state index contributed by atoms with van der Waals surface area (Å²) < 4.78 is 0. The van der Waals surface area contributed by atoms with Gasteiger partial charge in [-0.3, -0.25) is 9.68 Å². The summed E-state index contributed by atoms with van der Waals surface area (Å²) >= 11 is 0. The van der Waals surface area contributed by atoms with Gasteiger partial charge in [0.25, 0.3) is 0 Å². The third-order valence-electron chi connectivity index (χ3n) is 0.914. The van der Waals surface area contributed by atoms with E-state index < -0.39 is 0 Å². The molecular weight excluding hydrogens is 146 g/mol. The molecule has 0 heterocycles. The van der Waals surface area contributed by atoms with Crippen molar-refractivity contribution in [1.82, 2.24) is 5.39 Å². The molecule has 0 radical (unpaired) electrons. The number of nitrogens with zero attached hydrogens (tertiary/aromatic N) is 1. The van der Waals surface area contributed by atoms with E-state index in [0.29, 0.717) is 19.1 Å². The lowest BCUT2D eigenvalue weighted by Crippen LogP contribution is -2.20. The van der Waals surface area contributed by atoms with E-state index >= 15 is 0 Å². The Morgan fingerprint density at radius 2 is 2.00 bits per heavy atom. The van der Waals surface area contributed by atoms with Crippen molar-refractivity contribution in [2.75, 3.05) is 13.2 Å². The molecule has 0 N–H and O–H groups in total. The first-order valence-corrected chi connectivity index (χ1v) is 3.90. The van der Waals surface area contributed by atoms with Crippen molar-refractivity contribution < 1.29 is 9.68 Å². The quantitative estimate of drug-likeness (QED) is 0.558. The highest BCUT2D eigenvalue weighted by Crippen LogP contribution is 1.96. The van der Waals surface area contributed by atoms with Crippen LogP contribution in [0.15, 0.2) is 0 Å². The number of hydrogen-bond acceptors (Lipinski definition) is 4. The van der Waals surface area contributed by atoms with Gasteiger partial charge in [-0.05, 0) is 12.3 Å². The summed E-state index contributed by atoms with van der Waals surface area (Å²) in [5.41, 5.74) is 0. The topological polar surface area (TPSA) is 44.8 Å². The maximum absolute atomic E-state index is 10.6. The molecule has 0 bridgehead atoms. The van der Waals surface area contributed by atoms with E-state index in [9.17, 15) is 5.21 Å². The summed E-state index contributed by atoms with van der Waals surface area (Å²) in [5.74, 6) is 0.344. The highest BCUT2D eigenvalue weighted by Gasteiger charge is 1.95. The lowest BCUT2D eigenvalue weighted by Gasteiger charge is -2.25. The van der Waals surface area contributed by atoms with E-state index in [2.05, 4.69) is 9.68 Å². The molecule has 11 heavy (non-hydrogen) atoms. The van der Waals surface area contributed by atoms with Crippen molar-refractivity contribution in [2.24, 2.45) is 5.92 Å².